The van der Waals surface area contributed by atoms with E-state index in [2.05, 4.69) is 0 Å². The van der Waals surface area contributed by atoms with E-state index in [4.69, 9.17) is 14.9 Å². The van der Waals surface area contributed by atoms with E-state index in [0.717, 1.165) is 17.1 Å². The van der Waals surface area contributed by atoms with Crippen molar-refractivity contribution < 1.29 is 9.15 Å². The van der Waals surface area contributed by atoms with E-state index in [1.807, 2.05) is 24.3 Å². The second kappa shape index (κ2) is 3.46. The van der Waals surface area contributed by atoms with Crippen LogP contribution >= 0.6 is 0 Å². The molecule has 0 atom stereocenters. The lowest BCUT2D eigenvalue weighted by atomic mass is 10.1. The number of furan rings is 1. The fourth-order valence-electron chi connectivity index (χ4n) is 1.32. The molecule has 72 valence electrons. The molecule has 2 rings (SSSR count). The predicted octanol–water partition coefficient (Wildman–Crippen LogP) is 2.54. The third-order valence-corrected chi connectivity index (χ3v) is 2.05. The van der Waals surface area contributed by atoms with Gasteiger partial charge < -0.3 is 14.9 Å². The monoisotopic (exact) mass is 189 g/mol. The Hall–Kier alpha value is -1.90. The number of nitrogens with two attached hydrogens (primary N) is 1. The van der Waals surface area contributed by atoms with Crippen LogP contribution in [0.4, 0.5) is 5.69 Å². The fraction of sp³-hybridized carbons (Fsp3) is 0.0909. The van der Waals surface area contributed by atoms with Gasteiger partial charge in [0.2, 0.25) is 0 Å². The van der Waals surface area contributed by atoms with E-state index in [1.54, 1.807) is 19.4 Å². The van der Waals surface area contributed by atoms with E-state index in [1.165, 1.54) is 0 Å². The van der Waals surface area contributed by atoms with Crippen molar-refractivity contribution in [2.24, 2.45) is 0 Å². The van der Waals surface area contributed by atoms with Gasteiger partial charge in [0.15, 0.2) is 0 Å². The van der Waals surface area contributed by atoms with E-state index < -0.39 is 0 Å². The summed E-state index contributed by atoms with van der Waals surface area (Å²) in [5.41, 5.74) is 7.39. The molecule has 3 nitrogen and oxygen atoms in total. The molecule has 1 aromatic carbocycles. The van der Waals surface area contributed by atoms with E-state index in [0.29, 0.717) is 5.69 Å². The summed E-state index contributed by atoms with van der Waals surface area (Å²) < 4.78 is 10.3. The molecule has 0 saturated carbocycles. The number of rotatable bonds is 2. The molecule has 2 N–H and O–H groups in total. The molecule has 0 aliphatic rings. The van der Waals surface area contributed by atoms with Gasteiger partial charge in [0.25, 0.3) is 0 Å². The molecule has 14 heavy (non-hydrogen) atoms. The highest BCUT2D eigenvalue weighted by atomic mass is 16.5. The lowest BCUT2D eigenvalue weighted by Crippen LogP contribution is -1.91. The van der Waals surface area contributed by atoms with Gasteiger partial charge in [-0.05, 0) is 24.3 Å². The molecule has 0 amide bonds. The number of methoxy groups -OCH3 is 1. The molecular weight excluding hydrogens is 178 g/mol. The van der Waals surface area contributed by atoms with Gasteiger partial charge in [-0.3, -0.25) is 0 Å². The molecule has 3 heteroatoms. The van der Waals surface area contributed by atoms with Crippen LogP contribution in [-0.4, -0.2) is 7.11 Å². The zero-order valence-corrected chi connectivity index (χ0v) is 7.86. The van der Waals surface area contributed by atoms with Crippen molar-refractivity contribution in [3.8, 4) is 17.1 Å². The molecule has 1 heterocycles. The van der Waals surface area contributed by atoms with E-state index in [9.17, 15) is 0 Å². The highest BCUT2D eigenvalue weighted by molar-refractivity contribution is 5.73. The van der Waals surface area contributed by atoms with Crippen LogP contribution < -0.4 is 10.5 Å². The van der Waals surface area contributed by atoms with Crippen LogP contribution in [0.2, 0.25) is 0 Å². The smallest absolute Gasteiger partial charge is 0.135 e. The molecule has 0 radical (unpaired) electrons. The Balaban J connectivity index is 2.46. The molecule has 2 aromatic rings. The maximum Gasteiger partial charge on any atom is 0.135 e. The maximum atomic E-state index is 5.85. The molecular formula is C11H11NO2. The van der Waals surface area contributed by atoms with Crippen molar-refractivity contribution in [1.82, 2.24) is 0 Å². The summed E-state index contributed by atoms with van der Waals surface area (Å²) in [4.78, 5) is 0. The Morgan fingerprint density at radius 1 is 1.29 bits per heavy atom. The first-order valence-electron chi connectivity index (χ1n) is 4.28. The molecule has 1 aromatic heterocycles. The molecule has 0 saturated heterocycles. The van der Waals surface area contributed by atoms with Gasteiger partial charge in [0.1, 0.15) is 11.5 Å². The lowest BCUT2D eigenvalue weighted by molar-refractivity contribution is 0.415. The topological polar surface area (TPSA) is 48.4 Å². The van der Waals surface area contributed by atoms with Crippen LogP contribution in [0, 0.1) is 0 Å². The minimum absolute atomic E-state index is 0.652. The zero-order valence-electron chi connectivity index (χ0n) is 7.86. The van der Waals surface area contributed by atoms with E-state index in [-0.39, 0.29) is 0 Å². The Kier molecular flexibility index (Phi) is 2.14. The average Bonchev–Trinajstić information content (AvgIpc) is 2.70. The van der Waals surface area contributed by atoms with Crippen molar-refractivity contribution in [2.45, 2.75) is 0 Å². The first kappa shape index (κ1) is 8.69. The van der Waals surface area contributed by atoms with Gasteiger partial charge in [-0.15, -0.1) is 0 Å². The summed E-state index contributed by atoms with van der Waals surface area (Å²) in [7, 11) is 1.61. The van der Waals surface area contributed by atoms with Crippen molar-refractivity contribution in [1.29, 1.82) is 0 Å². The highest BCUT2D eigenvalue weighted by Gasteiger charge is 2.05. The van der Waals surface area contributed by atoms with Crippen molar-refractivity contribution in [3.05, 3.63) is 36.6 Å². The number of ether oxygens (including phenoxy) is 1. The second-order valence-corrected chi connectivity index (χ2v) is 2.93. The fourth-order valence-corrected chi connectivity index (χ4v) is 1.32. The third kappa shape index (κ3) is 1.44. The Morgan fingerprint density at radius 2 is 2.14 bits per heavy atom. The Morgan fingerprint density at radius 3 is 2.71 bits per heavy atom. The molecule has 0 spiro atoms. The molecule has 0 aliphatic heterocycles. The zero-order chi connectivity index (χ0) is 9.97. The second-order valence-electron chi connectivity index (χ2n) is 2.93. The van der Waals surface area contributed by atoms with Crippen molar-refractivity contribution >= 4 is 5.69 Å². The van der Waals surface area contributed by atoms with Crippen LogP contribution in [0.15, 0.2) is 41.0 Å². The van der Waals surface area contributed by atoms with Gasteiger partial charge >= 0.3 is 0 Å². The van der Waals surface area contributed by atoms with Crippen LogP contribution in [0.5, 0.6) is 5.75 Å². The third-order valence-electron chi connectivity index (χ3n) is 2.05. The van der Waals surface area contributed by atoms with Crippen LogP contribution in [-0.2, 0) is 0 Å². The summed E-state index contributed by atoms with van der Waals surface area (Å²) in [6.07, 6.45) is 1.62. The number of benzene rings is 1. The average molecular weight is 189 g/mol. The standard InChI is InChI=1S/C11H11NO2/c1-13-8-4-5-9(10(12)7-8)11-3-2-6-14-11/h2-7H,12H2,1H3. The van der Waals surface area contributed by atoms with Gasteiger partial charge in [-0.1, -0.05) is 0 Å². The lowest BCUT2D eigenvalue weighted by Gasteiger charge is -2.04. The van der Waals surface area contributed by atoms with Gasteiger partial charge in [0.05, 0.1) is 13.4 Å². The van der Waals surface area contributed by atoms with Crippen LogP contribution in [0.3, 0.4) is 0 Å². The molecule has 0 unspecified atom stereocenters. The largest absolute Gasteiger partial charge is 0.497 e. The Bertz CT molecular complexity index is 421. The maximum absolute atomic E-state index is 5.85. The first-order chi connectivity index (χ1) is 6.81. The van der Waals surface area contributed by atoms with Crippen molar-refractivity contribution in [3.63, 3.8) is 0 Å². The minimum atomic E-state index is 0.652. The summed E-state index contributed by atoms with van der Waals surface area (Å²) in [6, 6.07) is 9.22. The quantitative estimate of drug-likeness (QED) is 0.738. The van der Waals surface area contributed by atoms with Gasteiger partial charge in [0, 0.05) is 17.3 Å². The van der Waals surface area contributed by atoms with Gasteiger partial charge in [-0.2, -0.15) is 0 Å². The SMILES string of the molecule is COc1ccc(-c2ccco2)c(N)c1. The number of nitrogen functional groups attached to an aromatic ring is 1. The Labute approximate surface area is 82.1 Å². The normalized spacial score (nSPS) is 10.1. The molecule has 0 fully saturated rings. The predicted molar refractivity (Wildman–Crippen MR) is 55.1 cm³/mol. The number of hydrogen-bond donors (Lipinski definition) is 1. The van der Waals surface area contributed by atoms with Crippen molar-refractivity contribution in [2.75, 3.05) is 12.8 Å². The number of hydrogen-bond acceptors (Lipinski definition) is 3. The molecule has 0 aliphatic carbocycles. The van der Waals surface area contributed by atoms with E-state index >= 15 is 0 Å². The van der Waals surface area contributed by atoms with Gasteiger partial charge in [-0.25, -0.2) is 0 Å². The summed E-state index contributed by atoms with van der Waals surface area (Å²) in [5.74, 6) is 1.52. The first-order valence-corrected chi connectivity index (χ1v) is 4.28. The summed E-state index contributed by atoms with van der Waals surface area (Å²) in [5, 5.41) is 0. The van der Waals surface area contributed by atoms with Crippen LogP contribution in [0.1, 0.15) is 0 Å². The summed E-state index contributed by atoms with van der Waals surface area (Å²) >= 11 is 0. The molecule has 0 bridgehead atoms. The number of anilines is 1. The highest BCUT2D eigenvalue weighted by Crippen LogP contribution is 2.29. The minimum Gasteiger partial charge on any atom is -0.497 e. The summed E-state index contributed by atoms with van der Waals surface area (Å²) in [6.45, 7) is 0. The van der Waals surface area contributed by atoms with Crippen LogP contribution in [0.25, 0.3) is 11.3 Å².